The minimum Gasteiger partial charge on any atom is -0.303 e. The zero-order valence-electron chi connectivity index (χ0n) is 13.2. The molecule has 0 saturated carbocycles. The van der Waals surface area contributed by atoms with Crippen molar-refractivity contribution in [3.63, 3.8) is 0 Å². The fourth-order valence-corrected chi connectivity index (χ4v) is 2.46. The zero-order valence-corrected chi connectivity index (χ0v) is 13.2. The molecule has 0 fully saturated rings. The maximum atomic E-state index is 9.32. The molecule has 0 bridgehead atoms. The summed E-state index contributed by atoms with van der Waals surface area (Å²) in [6.07, 6.45) is 1.88. The number of rotatable bonds is 8. The Morgan fingerprint density at radius 1 is 1.35 bits per heavy atom. The summed E-state index contributed by atoms with van der Waals surface area (Å²) in [4.78, 5) is 2.33. The third-order valence-corrected chi connectivity index (χ3v) is 3.87. The van der Waals surface area contributed by atoms with Crippen LogP contribution in [0.3, 0.4) is 0 Å². The van der Waals surface area contributed by atoms with Gasteiger partial charge in [0.1, 0.15) is 5.54 Å². The number of nitrogens with zero attached hydrogens (tertiary/aromatic N) is 2. The van der Waals surface area contributed by atoms with Gasteiger partial charge in [-0.3, -0.25) is 5.32 Å². The van der Waals surface area contributed by atoms with Crippen LogP contribution in [0.4, 0.5) is 0 Å². The first kappa shape index (κ1) is 16.7. The quantitative estimate of drug-likeness (QED) is 0.791. The van der Waals surface area contributed by atoms with E-state index in [4.69, 9.17) is 0 Å². The molecule has 0 amide bonds. The number of hydrogen-bond donors (Lipinski definition) is 1. The molecular weight excluding hydrogens is 246 g/mol. The summed E-state index contributed by atoms with van der Waals surface area (Å²) < 4.78 is 0. The molecule has 1 aromatic carbocycles. The molecule has 2 unspecified atom stereocenters. The van der Waals surface area contributed by atoms with Crippen LogP contribution in [0.2, 0.25) is 0 Å². The average molecular weight is 273 g/mol. The van der Waals surface area contributed by atoms with Crippen LogP contribution in [-0.2, 0) is 6.42 Å². The van der Waals surface area contributed by atoms with Gasteiger partial charge in [-0.25, -0.2) is 0 Å². The van der Waals surface area contributed by atoms with Crippen LogP contribution >= 0.6 is 0 Å². The number of benzene rings is 1. The van der Waals surface area contributed by atoms with Gasteiger partial charge >= 0.3 is 0 Å². The Hall–Kier alpha value is -1.37. The van der Waals surface area contributed by atoms with Gasteiger partial charge in [0.25, 0.3) is 0 Å². The predicted molar refractivity (Wildman–Crippen MR) is 84.5 cm³/mol. The zero-order chi connectivity index (χ0) is 15.0. The normalized spacial score (nSPS) is 15.6. The highest BCUT2D eigenvalue weighted by Crippen LogP contribution is 2.15. The summed E-state index contributed by atoms with van der Waals surface area (Å²) in [5, 5.41) is 12.6. The predicted octanol–water partition coefficient (Wildman–Crippen LogP) is 2.83. The lowest BCUT2D eigenvalue weighted by Gasteiger charge is -2.31. The van der Waals surface area contributed by atoms with Crippen molar-refractivity contribution in [1.29, 1.82) is 5.26 Å². The Balaban J connectivity index is 2.46. The van der Waals surface area contributed by atoms with Crippen LogP contribution in [0.25, 0.3) is 0 Å². The van der Waals surface area contributed by atoms with Crippen LogP contribution in [0.15, 0.2) is 30.3 Å². The van der Waals surface area contributed by atoms with Gasteiger partial charge in [0.2, 0.25) is 0 Å². The Kier molecular flexibility index (Phi) is 6.70. The molecule has 3 heteroatoms. The Bertz CT molecular complexity index is 424. The van der Waals surface area contributed by atoms with E-state index in [0.29, 0.717) is 6.04 Å². The molecule has 0 radical (unpaired) electrons. The van der Waals surface area contributed by atoms with E-state index in [1.165, 1.54) is 5.56 Å². The van der Waals surface area contributed by atoms with Crippen molar-refractivity contribution in [2.45, 2.75) is 45.2 Å². The molecule has 2 atom stereocenters. The van der Waals surface area contributed by atoms with Crippen LogP contribution in [0, 0.1) is 11.3 Å². The van der Waals surface area contributed by atoms with E-state index >= 15 is 0 Å². The van der Waals surface area contributed by atoms with Crippen LogP contribution < -0.4 is 5.32 Å². The molecular formula is C17H27N3. The Morgan fingerprint density at radius 3 is 2.55 bits per heavy atom. The molecule has 3 nitrogen and oxygen atoms in total. The van der Waals surface area contributed by atoms with Gasteiger partial charge in [-0.2, -0.15) is 5.26 Å². The Morgan fingerprint density at radius 2 is 2.00 bits per heavy atom. The van der Waals surface area contributed by atoms with Crippen LogP contribution in [-0.4, -0.2) is 36.6 Å². The molecule has 0 aliphatic carbocycles. The van der Waals surface area contributed by atoms with Crippen molar-refractivity contribution in [1.82, 2.24) is 10.2 Å². The minimum absolute atomic E-state index is 0.377. The van der Waals surface area contributed by atoms with E-state index in [1.807, 2.05) is 19.9 Å². The van der Waals surface area contributed by atoms with E-state index < -0.39 is 5.54 Å². The maximum absolute atomic E-state index is 9.32. The second-order valence-corrected chi connectivity index (χ2v) is 5.74. The molecule has 1 rings (SSSR count). The topological polar surface area (TPSA) is 39.1 Å². The van der Waals surface area contributed by atoms with Gasteiger partial charge in [0, 0.05) is 12.6 Å². The van der Waals surface area contributed by atoms with Crippen molar-refractivity contribution >= 4 is 0 Å². The molecule has 110 valence electrons. The monoisotopic (exact) mass is 273 g/mol. The standard InChI is InChI=1S/C17H27N3/c1-5-19-17(3,14-18)13-15(2)20(4)12-11-16-9-7-6-8-10-16/h6-10,15,19H,5,11-13H2,1-4H3. The summed E-state index contributed by atoms with van der Waals surface area (Å²) in [7, 11) is 2.14. The molecule has 0 spiro atoms. The van der Waals surface area contributed by atoms with E-state index in [9.17, 15) is 5.26 Å². The largest absolute Gasteiger partial charge is 0.303 e. The van der Waals surface area contributed by atoms with Gasteiger partial charge in [-0.15, -0.1) is 0 Å². The number of nitrogens with one attached hydrogen (secondary N) is 1. The highest BCUT2D eigenvalue weighted by Gasteiger charge is 2.26. The fourth-order valence-electron chi connectivity index (χ4n) is 2.46. The molecule has 0 saturated heterocycles. The average Bonchev–Trinajstić information content (AvgIpc) is 2.46. The fraction of sp³-hybridized carbons (Fsp3) is 0.588. The van der Waals surface area contributed by atoms with Gasteiger partial charge in [0.05, 0.1) is 6.07 Å². The van der Waals surface area contributed by atoms with Gasteiger partial charge in [-0.1, -0.05) is 37.3 Å². The molecule has 0 aromatic heterocycles. The van der Waals surface area contributed by atoms with Crippen molar-refractivity contribution in [2.24, 2.45) is 0 Å². The summed E-state index contributed by atoms with van der Waals surface area (Å²) in [6.45, 7) is 8.05. The lowest BCUT2D eigenvalue weighted by molar-refractivity contribution is 0.216. The number of nitriles is 1. The van der Waals surface area contributed by atoms with Gasteiger partial charge in [0.15, 0.2) is 0 Å². The highest BCUT2D eigenvalue weighted by atomic mass is 15.1. The first-order valence-electron chi connectivity index (χ1n) is 7.41. The highest BCUT2D eigenvalue weighted by molar-refractivity contribution is 5.15. The van der Waals surface area contributed by atoms with Crippen molar-refractivity contribution in [2.75, 3.05) is 20.1 Å². The third kappa shape index (κ3) is 5.32. The number of likely N-dealkylation sites (N-methyl/N-ethyl adjacent to an activating group) is 1. The van der Waals surface area contributed by atoms with Crippen LogP contribution in [0.5, 0.6) is 0 Å². The number of hydrogen-bond acceptors (Lipinski definition) is 3. The molecule has 1 N–H and O–H groups in total. The molecule has 20 heavy (non-hydrogen) atoms. The van der Waals surface area contributed by atoms with Gasteiger partial charge in [-0.05, 0) is 45.8 Å². The summed E-state index contributed by atoms with van der Waals surface area (Å²) in [6, 6.07) is 13.3. The van der Waals surface area contributed by atoms with E-state index in [2.05, 4.69) is 54.5 Å². The maximum Gasteiger partial charge on any atom is 0.105 e. The van der Waals surface area contributed by atoms with Gasteiger partial charge < -0.3 is 4.90 Å². The van der Waals surface area contributed by atoms with Crippen molar-refractivity contribution < 1.29 is 0 Å². The second kappa shape index (κ2) is 8.04. The first-order chi connectivity index (χ1) is 9.50. The molecule has 1 aromatic rings. The van der Waals surface area contributed by atoms with Crippen LogP contribution in [0.1, 0.15) is 32.8 Å². The lowest BCUT2D eigenvalue weighted by atomic mass is 9.94. The smallest absolute Gasteiger partial charge is 0.105 e. The molecule has 0 aliphatic rings. The SMILES string of the molecule is CCNC(C)(C#N)CC(C)N(C)CCc1ccccc1. The molecule has 0 heterocycles. The molecule has 0 aliphatic heterocycles. The third-order valence-electron chi connectivity index (χ3n) is 3.87. The summed E-state index contributed by atoms with van der Waals surface area (Å²) >= 11 is 0. The minimum atomic E-state index is -0.435. The summed E-state index contributed by atoms with van der Waals surface area (Å²) in [5.41, 5.74) is 0.927. The summed E-state index contributed by atoms with van der Waals surface area (Å²) in [5.74, 6) is 0. The van der Waals surface area contributed by atoms with E-state index in [0.717, 1.165) is 25.9 Å². The Labute approximate surface area is 123 Å². The van der Waals surface area contributed by atoms with Crippen molar-refractivity contribution in [3.8, 4) is 6.07 Å². The van der Waals surface area contributed by atoms with E-state index in [-0.39, 0.29) is 0 Å². The van der Waals surface area contributed by atoms with Crippen molar-refractivity contribution in [3.05, 3.63) is 35.9 Å². The lowest BCUT2D eigenvalue weighted by Crippen LogP contribution is -2.46. The van der Waals surface area contributed by atoms with E-state index in [1.54, 1.807) is 0 Å². The second-order valence-electron chi connectivity index (χ2n) is 5.74. The first-order valence-corrected chi connectivity index (χ1v) is 7.41.